The lowest BCUT2D eigenvalue weighted by atomic mass is 9.93. The van der Waals surface area contributed by atoms with E-state index in [9.17, 15) is 20.2 Å². The third-order valence-electron chi connectivity index (χ3n) is 7.88. The first-order valence-electron chi connectivity index (χ1n) is 13.5. The number of benzene rings is 5. The fourth-order valence-electron chi connectivity index (χ4n) is 5.94. The zero-order chi connectivity index (χ0) is 28.8. The lowest BCUT2D eigenvalue weighted by Crippen LogP contribution is -1.91. The molecule has 1 heterocycles. The summed E-state index contributed by atoms with van der Waals surface area (Å²) in [6, 6.07) is 38.1. The number of nitro benzene ring substituents is 2. The molecule has 7 rings (SSSR count). The molecule has 1 aromatic heterocycles. The summed E-state index contributed by atoms with van der Waals surface area (Å²) in [4.78, 5) is 25.4. The molecule has 1 aliphatic carbocycles. The molecule has 0 amide bonds. The Kier molecular flexibility index (Phi) is 5.98. The molecule has 0 saturated carbocycles. The van der Waals surface area contributed by atoms with Crippen LogP contribution < -0.4 is 0 Å². The Morgan fingerprint density at radius 2 is 1.14 bits per heavy atom. The molecular weight excluding hydrogens is 526 g/mol. The van der Waals surface area contributed by atoms with Gasteiger partial charge >= 0.3 is 0 Å². The summed E-state index contributed by atoms with van der Waals surface area (Å²) in [7, 11) is 0. The van der Waals surface area contributed by atoms with Gasteiger partial charge in [0.2, 0.25) is 0 Å². The number of rotatable bonds is 6. The van der Waals surface area contributed by atoms with Crippen LogP contribution in [0.1, 0.15) is 22.3 Å². The van der Waals surface area contributed by atoms with E-state index < -0.39 is 4.92 Å². The summed E-state index contributed by atoms with van der Waals surface area (Å²) in [5.41, 5.74) is 11.4. The molecule has 42 heavy (non-hydrogen) atoms. The third-order valence-corrected chi connectivity index (χ3v) is 7.88. The molecule has 0 spiro atoms. The molecule has 0 atom stereocenters. The minimum absolute atomic E-state index is 0.0477. The van der Waals surface area contributed by atoms with Crippen LogP contribution in [-0.4, -0.2) is 14.8 Å². The van der Waals surface area contributed by atoms with Crippen LogP contribution in [0, 0.1) is 20.2 Å². The number of hydrogen-bond donors (Lipinski definition) is 1. The van der Waals surface area contributed by atoms with Crippen molar-refractivity contribution in [1.82, 2.24) is 4.98 Å². The van der Waals surface area contributed by atoms with E-state index in [-0.39, 0.29) is 16.3 Å². The molecule has 0 radical (unpaired) electrons. The fourth-order valence-corrected chi connectivity index (χ4v) is 5.94. The number of allylic oxidation sites excluding steroid dienone is 1. The summed E-state index contributed by atoms with van der Waals surface area (Å²) in [5.74, 6) is 0. The third kappa shape index (κ3) is 4.24. The van der Waals surface area contributed by atoms with Crippen molar-refractivity contribution in [3.63, 3.8) is 0 Å². The van der Waals surface area contributed by atoms with E-state index in [1.165, 1.54) is 17.7 Å². The van der Waals surface area contributed by atoms with E-state index in [1.54, 1.807) is 24.3 Å². The Hall–Kier alpha value is -5.82. The maximum Gasteiger partial charge on any atom is 0.269 e. The van der Waals surface area contributed by atoms with E-state index in [4.69, 9.17) is 0 Å². The molecule has 0 bridgehead atoms. The molecule has 0 unspecified atom stereocenters. The van der Waals surface area contributed by atoms with Crippen LogP contribution in [0.4, 0.5) is 11.4 Å². The maximum absolute atomic E-state index is 11.3. The average Bonchev–Trinajstić information content (AvgIpc) is 3.59. The molecule has 0 saturated heterocycles. The molecular formula is C35H23N3O4. The van der Waals surface area contributed by atoms with Gasteiger partial charge in [0.25, 0.3) is 11.4 Å². The first-order chi connectivity index (χ1) is 20.5. The monoisotopic (exact) mass is 549 g/mol. The Bertz CT molecular complexity index is 2030. The number of nitrogens with one attached hydrogen (secondary N) is 1. The molecule has 0 fully saturated rings. The highest BCUT2D eigenvalue weighted by atomic mass is 16.6. The summed E-state index contributed by atoms with van der Waals surface area (Å²) in [6.07, 6.45) is 0.680. The second-order valence-corrected chi connectivity index (χ2v) is 10.3. The van der Waals surface area contributed by atoms with Crippen molar-refractivity contribution in [3.05, 3.63) is 164 Å². The molecule has 7 nitrogen and oxygen atoms in total. The van der Waals surface area contributed by atoms with Crippen LogP contribution in [-0.2, 0) is 6.42 Å². The largest absolute Gasteiger partial charge is 0.354 e. The highest BCUT2D eigenvalue weighted by Crippen LogP contribution is 2.47. The topological polar surface area (TPSA) is 102 Å². The molecule has 0 aliphatic heterocycles. The van der Waals surface area contributed by atoms with E-state index in [2.05, 4.69) is 41.4 Å². The van der Waals surface area contributed by atoms with Crippen molar-refractivity contribution in [1.29, 1.82) is 0 Å². The number of fused-ring (bicyclic) bond motifs is 2. The van der Waals surface area contributed by atoms with Gasteiger partial charge in [-0.2, -0.15) is 0 Å². The van der Waals surface area contributed by atoms with E-state index in [0.29, 0.717) is 6.42 Å². The predicted octanol–water partition coefficient (Wildman–Crippen LogP) is 8.83. The van der Waals surface area contributed by atoms with Crippen molar-refractivity contribution >= 4 is 33.4 Å². The standard InChI is InChI=1S/C35H23N3O4/c39-37(40)27-15-11-22(12-16-27)29-19-26-20-31-32(21-30(26)33(29)23-7-3-1-4-8-23)36-35(34(31)24-9-5-2-6-10-24)25-13-17-28(18-14-25)38(41)42/h1-18,20-21,36H,19H2. The normalized spacial score (nSPS) is 12.5. The minimum atomic E-state index is -0.391. The number of nitro groups is 2. The minimum Gasteiger partial charge on any atom is -0.354 e. The summed E-state index contributed by atoms with van der Waals surface area (Å²) in [6.45, 7) is 0. The Morgan fingerprint density at radius 1 is 0.595 bits per heavy atom. The van der Waals surface area contributed by atoms with Gasteiger partial charge in [-0.1, -0.05) is 60.7 Å². The molecule has 202 valence electrons. The Morgan fingerprint density at radius 3 is 1.71 bits per heavy atom. The summed E-state index contributed by atoms with van der Waals surface area (Å²) < 4.78 is 0. The van der Waals surface area contributed by atoms with Gasteiger partial charge in [-0.05, 0) is 87.3 Å². The van der Waals surface area contributed by atoms with Crippen LogP contribution in [0.15, 0.2) is 121 Å². The van der Waals surface area contributed by atoms with Crippen molar-refractivity contribution < 1.29 is 9.85 Å². The Balaban J connectivity index is 1.44. The smallest absolute Gasteiger partial charge is 0.269 e. The SMILES string of the molecule is O=[N+]([O-])c1ccc(C2=C(c3ccccc3)c3cc4[nH]c(-c5ccc([N+](=O)[O-])cc5)c(-c5ccccc5)c4cc3C2)cc1. The summed E-state index contributed by atoms with van der Waals surface area (Å²) in [5, 5.41) is 23.6. The number of H-pyrrole nitrogens is 1. The lowest BCUT2D eigenvalue weighted by molar-refractivity contribution is -0.385. The van der Waals surface area contributed by atoms with E-state index >= 15 is 0 Å². The number of non-ortho nitro benzene ring substituents is 2. The molecule has 7 heteroatoms. The average molecular weight is 550 g/mol. The van der Waals surface area contributed by atoms with Gasteiger partial charge in [0.1, 0.15) is 0 Å². The van der Waals surface area contributed by atoms with Crippen molar-refractivity contribution in [2.75, 3.05) is 0 Å². The van der Waals surface area contributed by atoms with Crippen molar-refractivity contribution in [2.45, 2.75) is 6.42 Å². The highest BCUT2D eigenvalue weighted by molar-refractivity contribution is 6.10. The van der Waals surface area contributed by atoms with Gasteiger partial charge in [0.05, 0.1) is 15.5 Å². The molecule has 1 N–H and O–H groups in total. The van der Waals surface area contributed by atoms with Crippen LogP contribution in [0.3, 0.4) is 0 Å². The first-order valence-corrected chi connectivity index (χ1v) is 13.5. The first kappa shape index (κ1) is 25.2. The van der Waals surface area contributed by atoms with Crippen LogP contribution >= 0.6 is 0 Å². The van der Waals surface area contributed by atoms with Gasteiger partial charge in [-0.25, -0.2) is 0 Å². The number of nitrogens with zero attached hydrogens (tertiary/aromatic N) is 2. The van der Waals surface area contributed by atoms with Gasteiger partial charge in [-0.3, -0.25) is 20.2 Å². The van der Waals surface area contributed by atoms with E-state index in [0.717, 1.165) is 61.1 Å². The van der Waals surface area contributed by atoms with Crippen molar-refractivity contribution in [3.8, 4) is 22.4 Å². The van der Waals surface area contributed by atoms with Crippen LogP contribution in [0.25, 0.3) is 44.4 Å². The second-order valence-electron chi connectivity index (χ2n) is 10.3. The molecule has 5 aromatic carbocycles. The Labute approximate surface area is 240 Å². The molecule has 1 aliphatic rings. The van der Waals surface area contributed by atoms with Crippen LogP contribution in [0.5, 0.6) is 0 Å². The van der Waals surface area contributed by atoms with Crippen LogP contribution in [0.2, 0.25) is 0 Å². The van der Waals surface area contributed by atoms with Crippen molar-refractivity contribution in [2.24, 2.45) is 0 Å². The second kappa shape index (κ2) is 9.98. The zero-order valence-electron chi connectivity index (χ0n) is 22.3. The van der Waals surface area contributed by atoms with Gasteiger partial charge < -0.3 is 4.98 Å². The van der Waals surface area contributed by atoms with Gasteiger partial charge in [0.15, 0.2) is 0 Å². The van der Waals surface area contributed by atoms with E-state index in [1.807, 2.05) is 48.5 Å². The maximum atomic E-state index is 11.3. The predicted molar refractivity (Wildman–Crippen MR) is 165 cm³/mol. The lowest BCUT2D eigenvalue weighted by Gasteiger charge is -2.10. The number of aromatic amines is 1. The fraction of sp³-hybridized carbons (Fsp3) is 0.0286. The number of hydrogen-bond acceptors (Lipinski definition) is 4. The van der Waals surface area contributed by atoms with Gasteiger partial charge in [0, 0.05) is 40.7 Å². The number of aromatic nitrogens is 1. The molecule has 6 aromatic rings. The quantitative estimate of drug-likeness (QED) is 0.166. The zero-order valence-corrected chi connectivity index (χ0v) is 22.3. The van der Waals surface area contributed by atoms with Gasteiger partial charge in [-0.15, -0.1) is 0 Å². The summed E-state index contributed by atoms with van der Waals surface area (Å²) >= 11 is 0. The highest BCUT2D eigenvalue weighted by Gasteiger charge is 2.27.